The summed E-state index contributed by atoms with van der Waals surface area (Å²) in [6, 6.07) is 0.789. The first kappa shape index (κ1) is 10.2. The van der Waals surface area contributed by atoms with Crippen LogP contribution in [0.15, 0.2) is 0 Å². The van der Waals surface area contributed by atoms with Gasteiger partial charge in [0.2, 0.25) is 0 Å². The molecule has 0 aromatic carbocycles. The van der Waals surface area contributed by atoms with E-state index in [9.17, 15) is 4.21 Å². The molecule has 0 amide bonds. The first-order chi connectivity index (χ1) is 5.70. The summed E-state index contributed by atoms with van der Waals surface area (Å²) >= 11 is 0. The third-order valence-corrected chi connectivity index (χ3v) is 3.80. The minimum Gasteiger partial charge on any atom is -0.314 e. The van der Waals surface area contributed by atoms with Crippen LogP contribution in [0, 0.1) is 0 Å². The Morgan fingerprint density at radius 1 is 1.50 bits per heavy atom. The summed E-state index contributed by atoms with van der Waals surface area (Å²) in [6.45, 7) is 5.08. The molecule has 0 spiro atoms. The number of rotatable bonds is 6. The lowest BCUT2D eigenvalue weighted by molar-refractivity contribution is 0.653. The number of hydrogen-bond donors (Lipinski definition) is 1. The molecule has 72 valence electrons. The van der Waals surface area contributed by atoms with Crippen LogP contribution in [0.3, 0.4) is 0 Å². The summed E-state index contributed by atoms with van der Waals surface area (Å²) in [5, 5.41) is 3.74. The van der Waals surface area contributed by atoms with Gasteiger partial charge in [0.25, 0.3) is 0 Å². The van der Waals surface area contributed by atoms with Crippen molar-refractivity contribution < 1.29 is 4.21 Å². The molecule has 0 saturated heterocycles. The molecule has 0 heterocycles. The maximum absolute atomic E-state index is 11.3. The maximum Gasteiger partial charge on any atom is 0.0291 e. The van der Waals surface area contributed by atoms with Gasteiger partial charge in [-0.05, 0) is 25.8 Å². The quantitative estimate of drug-likeness (QED) is 0.638. The molecule has 0 aromatic rings. The Morgan fingerprint density at radius 2 is 2.17 bits per heavy atom. The minimum atomic E-state index is -0.606. The van der Waals surface area contributed by atoms with Crippen molar-refractivity contribution in [3.8, 4) is 0 Å². The molecule has 0 radical (unpaired) electrons. The van der Waals surface area contributed by atoms with Gasteiger partial charge in [0.1, 0.15) is 0 Å². The van der Waals surface area contributed by atoms with E-state index in [2.05, 4.69) is 5.32 Å². The van der Waals surface area contributed by atoms with Crippen molar-refractivity contribution in [2.45, 2.75) is 44.4 Å². The third-order valence-electron chi connectivity index (χ3n) is 2.06. The van der Waals surface area contributed by atoms with E-state index in [1.165, 1.54) is 12.8 Å². The van der Waals surface area contributed by atoms with Gasteiger partial charge in [0.05, 0.1) is 0 Å². The normalized spacial score (nSPS) is 19.9. The van der Waals surface area contributed by atoms with E-state index < -0.39 is 10.8 Å². The zero-order chi connectivity index (χ0) is 8.97. The fourth-order valence-corrected chi connectivity index (χ4v) is 1.94. The SMILES string of the molecule is CC(C)S(=O)CCCNC1CC1. The molecule has 0 aliphatic heterocycles. The summed E-state index contributed by atoms with van der Waals surface area (Å²) < 4.78 is 11.3. The van der Waals surface area contributed by atoms with Gasteiger partial charge in [-0.15, -0.1) is 0 Å². The Labute approximate surface area is 77.6 Å². The lowest BCUT2D eigenvalue weighted by Crippen LogP contribution is -2.20. The molecule has 1 saturated carbocycles. The molecule has 0 bridgehead atoms. The topological polar surface area (TPSA) is 29.1 Å². The van der Waals surface area contributed by atoms with Gasteiger partial charge in [0, 0.05) is 27.8 Å². The van der Waals surface area contributed by atoms with Crippen molar-refractivity contribution in [2.75, 3.05) is 12.3 Å². The van der Waals surface area contributed by atoms with Crippen LogP contribution < -0.4 is 5.32 Å². The van der Waals surface area contributed by atoms with Gasteiger partial charge in [-0.25, -0.2) is 0 Å². The molecule has 0 aromatic heterocycles. The van der Waals surface area contributed by atoms with E-state index in [1.807, 2.05) is 13.8 Å². The van der Waals surface area contributed by atoms with E-state index >= 15 is 0 Å². The summed E-state index contributed by atoms with van der Waals surface area (Å²) in [6.07, 6.45) is 3.74. The second kappa shape index (κ2) is 4.97. The smallest absolute Gasteiger partial charge is 0.0291 e. The highest BCUT2D eigenvalue weighted by Gasteiger charge is 2.19. The fourth-order valence-electron chi connectivity index (χ4n) is 1.04. The lowest BCUT2D eigenvalue weighted by Gasteiger charge is -2.05. The predicted octanol–water partition coefficient (Wildman–Crippen LogP) is 1.29. The van der Waals surface area contributed by atoms with E-state index in [-0.39, 0.29) is 0 Å². The molecular weight excluding hydrogens is 170 g/mol. The summed E-state index contributed by atoms with van der Waals surface area (Å²) in [4.78, 5) is 0. The second-order valence-corrected chi connectivity index (χ2v) is 5.83. The molecule has 12 heavy (non-hydrogen) atoms. The van der Waals surface area contributed by atoms with Gasteiger partial charge in [-0.1, -0.05) is 13.8 Å². The van der Waals surface area contributed by atoms with Crippen LogP contribution in [0.1, 0.15) is 33.1 Å². The molecule has 1 aliphatic carbocycles. The largest absolute Gasteiger partial charge is 0.314 e. The average molecular weight is 189 g/mol. The van der Waals surface area contributed by atoms with Crippen LogP contribution in [-0.4, -0.2) is 27.8 Å². The van der Waals surface area contributed by atoms with Crippen LogP contribution in [0.2, 0.25) is 0 Å². The molecule has 1 rings (SSSR count). The highest BCUT2D eigenvalue weighted by Crippen LogP contribution is 2.18. The molecule has 1 unspecified atom stereocenters. The van der Waals surface area contributed by atoms with E-state index in [4.69, 9.17) is 0 Å². The summed E-state index contributed by atoms with van der Waals surface area (Å²) in [5.74, 6) is 0.859. The van der Waals surface area contributed by atoms with Crippen molar-refractivity contribution in [3.05, 3.63) is 0 Å². The van der Waals surface area contributed by atoms with Crippen LogP contribution in [0.4, 0.5) is 0 Å². The van der Waals surface area contributed by atoms with Crippen LogP contribution >= 0.6 is 0 Å². The Bertz CT molecular complexity index is 155. The Hall–Kier alpha value is 0.110. The molecule has 1 atom stereocenters. The van der Waals surface area contributed by atoms with Crippen LogP contribution in [0.5, 0.6) is 0 Å². The van der Waals surface area contributed by atoms with Gasteiger partial charge in [0.15, 0.2) is 0 Å². The molecule has 1 fully saturated rings. The summed E-state index contributed by atoms with van der Waals surface area (Å²) in [5.41, 5.74) is 0. The monoisotopic (exact) mass is 189 g/mol. The zero-order valence-electron chi connectivity index (χ0n) is 8.01. The van der Waals surface area contributed by atoms with E-state index in [0.29, 0.717) is 5.25 Å². The Morgan fingerprint density at radius 3 is 2.67 bits per heavy atom. The number of nitrogens with one attached hydrogen (secondary N) is 1. The van der Waals surface area contributed by atoms with E-state index in [1.54, 1.807) is 0 Å². The molecule has 1 N–H and O–H groups in total. The lowest BCUT2D eigenvalue weighted by atomic mass is 10.5. The fraction of sp³-hybridized carbons (Fsp3) is 1.00. The molecular formula is C9H19NOS. The van der Waals surface area contributed by atoms with E-state index in [0.717, 1.165) is 24.8 Å². The zero-order valence-corrected chi connectivity index (χ0v) is 8.82. The molecule has 1 aliphatic rings. The van der Waals surface area contributed by atoms with Crippen molar-refractivity contribution >= 4 is 10.8 Å². The second-order valence-electron chi connectivity index (χ2n) is 3.72. The Balaban J connectivity index is 1.90. The average Bonchev–Trinajstić information content (AvgIpc) is 2.80. The highest BCUT2D eigenvalue weighted by atomic mass is 32.2. The first-order valence-electron chi connectivity index (χ1n) is 4.80. The summed E-state index contributed by atoms with van der Waals surface area (Å²) in [7, 11) is -0.606. The standard InChI is InChI=1S/C9H19NOS/c1-8(2)12(11)7-3-6-10-9-4-5-9/h8-10H,3-7H2,1-2H3. The Kier molecular flexibility index (Phi) is 4.22. The van der Waals surface area contributed by atoms with Crippen molar-refractivity contribution in [1.82, 2.24) is 5.32 Å². The van der Waals surface area contributed by atoms with Gasteiger partial charge in [-0.2, -0.15) is 0 Å². The molecule has 3 heteroatoms. The van der Waals surface area contributed by atoms with Gasteiger partial charge >= 0.3 is 0 Å². The van der Waals surface area contributed by atoms with Gasteiger partial charge in [-0.3, -0.25) is 4.21 Å². The van der Waals surface area contributed by atoms with Crippen LogP contribution in [0.25, 0.3) is 0 Å². The minimum absolute atomic E-state index is 0.325. The van der Waals surface area contributed by atoms with Crippen molar-refractivity contribution in [1.29, 1.82) is 0 Å². The maximum atomic E-state index is 11.3. The third kappa shape index (κ3) is 4.21. The van der Waals surface area contributed by atoms with Crippen LogP contribution in [-0.2, 0) is 10.8 Å². The predicted molar refractivity (Wildman–Crippen MR) is 53.8 cm³/mol. The first-order valence-corrected chi connectivity index (χ1v) is 6.19. The highest BCUT2D eigenvalue weighted by molar-refractivity contribution is 7.85. The van der Waals surface area contributed by atoms with Gasteiger partial charge < -0.3 is 5.32 Å². The molecule has 2 nitrogen and oxygen atoms in total. The number of hydrogen-bond acceptors (Lipinski definition) is 2. The van der Waals surface area contributed by atoms with Crippen molar-refractivity contribution in [2.24, 2.45) is 0 Å². The van der Waals surface area contributed by atoms with Crippen molar-refractivity contribution in [3.63, 3.8) is 0 Å².